The summed E-state index contributed by atoms with van der Waals surface area (Å²) in [5, 5.41) is 15.5. The Labute approximate surface area is 214 Å². The van der Waals surface area contributed by atoms with E-state index in [1.807, 2.05) is 24.3 Å². The molecule has 2 aromatic carbocycles. The van der Waals surface area contributed by atoms with Crippen molar-refractivity contribution in [1.82, 2.24) is 4.98 Å². The number of hydrogen-bond donors (Lipinski definition) is 1. The van der Waals surface area contributed by atoms with E-state index in [0.717, 1.165) is 30.5 Å². The Morgan fingerprint density at radius 1 is 1.06 bits per heavy atom. The zero-order valence-electron chi connectivity index (χ0n) is 21.9. The molecule has 0 saturated heterocycles. The molecule has 0 spiro atoms. The molecule has 5 nitrogen and oxygen atoms in total. The third kappa shape index (κ3) is 4.29. The first kappa shape index (κ1) is 24.5. The van der Waals surface area contributed by atoms with E-state index in [0.29, 0.717) is 17.5 Å². The molecule has 1 heterocycles. The van der Waals surface area contributed by atoms with Gasteiger partial charge in [0, 0.05) is 25.0 Å². The number of rotatable bonds is 6. The van der Waals surface area contributed by atoms with E-state index >= 15 is 0 Å². The second-order valence-electron chi connectivity index (χ2n) is 11.7. The molecule has 0 bridgehead atoms. The molecule has 5 heteroatoms. The minimum Gasteiger partial charge on any atom is -0.379 e. The molecular weight excluding hydrogens is 446 g/mol. The highest BCUT2D eigenvalue weighted by molar-refractivity contribution is 5.73. The van der Waals surface area contributed by atoms with Crippen molar-refractivity contribution >= 4 is 11.4 Å². The van der Waals surface area contributed by atoms with Gasteiger partial charge < -0.3 is 5.32 Å². The number of aryl methyl sites for hydroxylation is 1. The maximum atomic E-state index is 12.0. The Morgan fingerprint density at radius 2 is 1.83 bits per heavy atom. The van der Waals surface area contributed by atoms with Crippen LogP contribution in [0.4, 0.5) is 11.4 Å². The molecule has 1 saturated carbocycles. The van der Waals surface area contributed by atoms with Gasteiger partial charge >= 0.3 is 0 Å². The quantitative estimate of drug-likeness (QED) is 0.286. The van der Waals surface area contributed by atoms with Crippen LogP contribution < -0.4 is 5.32 Å². The summed E-state index contributed by atoms with van der Waals surface area (Å²) in [5.74, 6) is 1.08. The SMILES string of the molecule is CC(C)c1ccc2c(c1)CC[C@H]1[C@@](C)(CNc3ccc(-c4ccncc4)cc3[N+](=O)[O-])CCC[C@]21C. The van der Waals surface area contributed by atoms with E-state index in [1.165, 1.54) is 36.0 Å². The standard InChI is InChI=1S/C31H37N3O2/c1-21(2)23-6-9-26-25(18-23)8-11-29-30(3,14-5-15-31(26,29)4)20-33-27-10-7-24(19-28(27)34(35)36)22-12-16-32-17-13-22/h6-7,9-10,12-13,16-19,21,29,33H,5,8,11,14-15,20H2,1-4H3/t29-,30+,31+/m0/s1. The first-order chi connectivity index (χ1) is 17.2. The molecule has 0 aliphatic heterocycles. The van der Waals surface area contributed by atoms with Crippen molar-refractivity contribution in [2.75, 3.05) is 11.9 Å². The summed E-state index contributed by atoms with van der Waals surface area (Å²) in [7, 11) is 0. The van der Waals surface area contributed by atoms with Gasteiger partial charge in [0.25, 0.3) is 5.69 Å². The molecule has 0 amide bonds. The molecule has 0 unspecified atom stereocenters. The normalized spacial score (nSPS) is 25.2. The molecule has 2 aliphatic carbocycles. The molecule has 3 aromatic rings. The van der Waals surface area contributed by atoms with Crippen LogP contribution in [-0.4, -0.2) is 16.5 Å². The number of nitro benzene ring substituents is 1. The third-order valence-electron chi connectivity index (χ3n) is 9.06. The largest absolute Gasteiger partial charge is 0.379 e. The summed E-state index contributed by atoms with van der Waals surface area (Å²) < 4.78 is 0. The lowest BCUT2D eigenvalue weighted by atomic mass is 9.49. The van der Waals surface area contributed by atoms with Crippen LogP contribution in [0.2, 0.25) is 0 Å². The van der Waals surface area contributed by atoms with Gasteiger partial charge in [0.2, 0.25) is 0 Å². The molecule has 188 valence electrons. The van der Waals surface area contributed by atoms with Crippen molar-refractivity contribution < 1.29 is 4.92 Å². The van der Waals surface area contributed by atoms with Gasteiger partial charge in [-0.1, -0.05) is 58.4 Å². The summed E-state index contributed by atoms with van der Waals surface area (Å²) in [6, 6.07) is 16.4. The zero-order chi connectivity index (χ0) is 25.5. The predicted molar refractivity (Wildman–Crippen MR) is 146 cm³/mol. The Hall–Kier alpha value is -3.21. The molecule has 3 atom stereocenters. The summed E-state index contributed by atoms with van der Waals surface area (Å²) >= 11 is 0. The Morgan fingerprint density at radius 3 is 2.56 bits per heavy atom. The molecule has 1 N–H and O–H groups in total. The summed E-state index contributed by atoms with van der Waals surface area (Å²) in [5.41, 5.74) is 7.19. The number of anilines is 1. The highest BCUT2D eigenvalue weighted by atomic mass is 16.6. The van der Waals surface area contributed by atoms with Gasteiger partial charge in [0.1, 0.15) is 5.69 Å². The number of aromatic nitrogens is 1. The highest BCUT2D eigenvalue weighted by Crippen LogP contribution is 2.57. The van der Waals surface area contributed by atoms with Crippen molar-refractivity contribution in [3.8, 4) is 11.1 Å². The van der Waals surface area contributed by atoms with Gasteiger partial charge in [-0.15, -0.1) is 0 Å². The van der Waals surface area contributed by atoms with Crippen LogP contribution in [0.1, 0.15) is 76.0 Å². The van der Waals surface area contributed by atoms with Crippen molar-refractivity contribution in [2.45, 2.75) is 71.1 Å². The van der Waals surface area contributed by atoms with Crippen LogP contribution in [0, 0.1) is 21.4 Å². The van der Waals surface area contributed by atoms with Crippen molar-refractivity contribution in [3.63, 3.8) is 0 Å². The predicted octanol–water partition coefficient (Wildman–Crippen LogP) is 7.90. The summed E-state index contributed by atoms with van der Waals surface area (Å²) in [4.78, 5) is 15.8. The molecule has 5 rings (SSSR count). The third-order valence-corrected chi connectivity index (χ3v) is 9.06. The number of pyridine rings is 1. The minimum atomic E-state index is -0.274. The maximum Gasteiger partial charge on any atom is 0.292 e. The van der Waals surface area contributed by atoms with Crippen LogP contribution in [0.15, 0.2) is 60.9 Å². The smallest absolute Gasteiger partial charge is 0.292 e. The number of nitrogens with zero attached hydrogens (tertiary/aromatic N) is 2. The fraction of sp³-hybridized carbons (Fsp3) is 0.452. The summed E-state index contributed by atoms with van der Waals surface area (Å²) in [6.07, 6.45) is 9.24. The maximum absolute atomic E-state index is 12.0. The molecule has 1 aromatic heterocycles. The van der Waals surface area contributed by atoms with Crippen molar-refractivity contribution in [3.05, 3.63) is 87.7 Å². The zero-order valence-corrected chi connectivity index (χ0v) is 21.9. The van der Waals surface area contributed by atoms with Crippen LogP contribution in [0.5, 0.6) is 0 Å². The average Bonchev–Trinajstić information content (AvgIpc) is 2.87. The fourth-order valence-electron chi connectivity index (χ4n) is 7.07. The highest BCUT2D eigenvalue weighted by Gasteiger charge is 2.51. The van der Waals surface area contributed by atoms with Gasteiger partial charge in [-0.2, -0.15) is 0 Å². The Bertz CT molecular complexity index is 1270. The lowest BCUT2D eigenvalue weighted by Gasteiger charge is -2.55. The summed E-state index contributed by atoms with van der Waals surface area (Å²) in [6.45, 7) is 10.1. The second-order valence-corrected chi connectivity index (χ2v) is 11.7. The molecule has 2 aliphatic rings. The lowest BCUT2D eigenvalue weighted by Crippen LogP contribution is -2.51. The van der Waals surface area contributed by atoms with Crippen LogP contribution >= 0.6 is 0 Å². The van der Waals surface area contributed by atoms with Gasteiger partial charge in [-0.25, -0.2) is 0 Å². The van der Waals surface area contributed by atoms with Crippen LogP contribution in [-0.2, 0) is 11.8 Å². The van der Waals surface area contributed by atoms with E-state index in [9.17, 15) is 10.1 Å². The van der Waals surface area contributed by atoms with Crippen LogP contribution in [0.25, 0.3) is 11.1 Å². The first-order valence-electron chi connectivity index (χ1n) is 13.3. The number of fused-ring (bicyclic) bond motifs is 3. The fourth-order valence-corrected chi connectivity index (χ4v) is 7.07. The Kier molecular flexibility index (Phi) is 6.36. The Balaban J connectivity index is 1.41. The van der Waals surface area contributed by atoms with Gasteiger partial charge in [-0.05, 0) is 94.4 Å². The average molecular weight is 484 g/mol. The minimum absolute atomic E-state index is 0.0685. The molecule has 36 heavy (non-hydrogen) atoms. The second kappa shape index (κ2) is 9.34. The number of hydrogen-bond acceptors (Lipinski definition) is 4. The van der Waals surface area contributed by atoms with Crippen molar-refractivity contribution in [2.24, 2.45) is 11.3 Å². The monoisotopic (exact) mass is 483 g/mol. The lowest BCUT2D eigenvalue weighted by molar-refractivity contribution is -0.383. The van der Waals surface area contributed by atoms with Crippen LogP contribution in [0.3, 0.4) is 0 Å². The van der Waals surface area contributed by atoms with E-state index in [2.05, 4.69) is 56.2 Å². The van der Waals surface area contributed by atoms with Gasteiger partial charge in [0.15, 0.2) is 0 Å². The molecular formula is C31H37N3O2. The van der Waals surface area contributed by atoms with Gasteiger partial charge in [0.05, 0.1) is 4.92 Å². The van der Waals surface area contributed by atoms with E-state index in [1.54, 1.807) is 18.5 Å². The molecule has 1 fully saturated rings. The number of benzene rings is 2. The molecule has 0 radical (unpaired) electrons. The van der Waals surface area contributed by atoms with E-state index < -0.39 is 0 Å². The van der Waals surface area contributed by atoms with Gasteiger partial charge in [-0.3, -0.25) is 15.1 Å². The first-order valence-corrected chi connectivity index (χ1v) is 13.3. The van der Waals surface area contributed by atoms with E-state index in [4.69, 9.17) is 0 Å². The number of nitrogens with one attached hydrogen (secondary N) is 1. The van der Waals surface area contributed by atoms with Crippen molar-refractivity contribution in [1.29, 1.82) is 0 Å². The number of nitro groups is 1. The van der Waals surface area contributed by atoms with E-state index in [-0.39, 0.29) is 21.4 Å². The topological polar surface area (TPSA) is 68.1 Å².